The number of nitrogens with one attached hydrogen (secondary N) is 1. The summed E-state index contributed by atoms with van der Waals surface area (Å²) in [6, 6.07) is 1.57. The van der Waals surface area contributed by atoms with Crippen LogP contribution in [0.4, 0.5) is 0 Å². The van der Waals surface area contributed by atoms with Gasteiger partial charge in [0.1, 0.15) is 5.69 Å². The van der Waals surface area contributed by atoms with Crippen LogP contribution in [-0.2, 0) is 7.05 Å². The second-order valence-corrected chi connectivity index (χ2v) is 4.33. The lowest BCUT2D eigenvalue weighted by Crippen LogP contribution is -2.37. The molecule has 4 nitrogen and oxygen atoms in total. The second kappa shape index (κ2) is 5.32. The van der Waals surface area contributed by atoms with Crippen molar-refractivity contribution in [1.82, 2.24) is 9.88 Å². The molecule has 0 spiro atoms. The number of amides is 1. The van der Waals surface area contributed by atoms with Gasteiger partial charge in [0.15, 0.2) is 0 Å². The van der Waals surface area contributed by atoms with Crippen LogP contribution in [-0.4, -0.2) is 28.2 Å². The van der Waals surface area contributed by atoms with E-state index in [9.17, 15) is 4.79 Å². The zero-order chi connectivity index (χ0) is 11.4. The van der Waals surface area contributed by atoms with Gasteiger partial charge < -0.3 is 15.0 Å². The molecular weight excluding hydrogens is 260 g/mol. The van der Waals surface area contributed by atoms with E-state index in [0.717, 1.165) is 4.47 Å². The van der Waals surface area contributed by atoms with Gasteiger partial charge in [-0.3, -0.25) is 4.79 Å². The largest absolute Gasteiger partial charge is 0.394 e. The molecule has 0 radical (unpaired) electrons. The van der Waals surface area contributed by atoms with E-state index >= 15 is 0 Å². The first-order valence-electron chi connectivity index (χ1n) is 4.82. The number of aromatic nitrogens is 1. The molecule has 1 atom stereocenters. The van der Waals surface area contributed by atoms with Crippen LogP contribution in [0, 0.1) is 0 Å². The number of rotatable bonds is 4. The second-order valence-electron chi connectivity index (χ2n) is 3.42. The van der Waals surface area contributed by atoms with E-state index in [1.807, 2.05) is 13.1 Å². The van der Waals surface area contributed by atoms with E-state index in [1.54, 1.807) is 17.7 Å². The summed E-state index contributed by atoms with van der Waals surface area (Å²) in [4.78, 5) is 11.7. The molecule has 0 saturated heterocycles. The van der Waals surface area contributed by atoms with Crippen LogP contribution < -0.4 is 5.32 Å². The highest BCUT2D eigenvalue weighted by Gasteiger charge is 2.14. The summed E-state index contributed by atoms with van der Waals surface area (Å²) in [5.74, 6) is -0.163. The van der Waals surface area contributed by atoms with Crippen molar-refractivity contribution in [2.45, 2.75) is 19.4 Å². The fourth-order valence-electron chi connectivity index (χ4n) is 1.29. The lowest BCUT2D eigenvalue weighted by molar-refractivity contribution is 0.0906. The number of carbonyl (C=O) groups is 1. The van der Waals surface area contributed by atoms with E-state index in [2.05, 4.69) is 21.2 Å². The Morgan fingerprint density at radius 3 is 2.80 bits per heavy atom. The maximum Gasteiger partial charge on any atom is 0.268 e. The van der Waals surface area contributed by atoms with Gasteiger partial charge in [0.25, 0.3) is 5.91 Å². The van der Waals surface area contributed by atoms with Gasteiger partial charge in [0.05, 0.1) is 12.6 Å². The molecule has 0 aromatic carbocycles. The molecule has 1 rings (SSSR count). The van der Waals surface area contributed by atoms with Gasteiger partial charge in [-0.05, 0) is 28.4 Å². The average molecular weight is 275 g/mol. The number of nitrogens with zero attached hydrogens (tertiary/aromatic N) is 1. The Hall–Kier alpha value is -0.810. The Morgan fingerprint density at radius 1 is 1.73 bits per heavy atom. The van der Waals surface area contributed by atoms with Gasteiger partial charge in [0, 0.05) is 17.7 Å². The van der Waals surface area contributed by atoms with E-state index < -0.39 is 0 Å². The molecule has 5 heteroatoms. The summed E-state index contributed by atoms with van der Waals surface area (Å²) in [7, 11) is 1.81. The van der Waals surface area contributed by atoms with Crippen LogP contribution >= 0.6 is 15.9 Å². The minimum absolute atomic E-state index is 0.0339. The first kappa shape index (κ1) is 12.3. The average Bonchev–Trinajstić information content (AvgIpc) is 2.54. The van der Waals surface area contributed by atoms with E-state index in [0.29, 0.717) is 12.1 Å². The van der Waals surface area contributed by atoms with Crippen LogP contribution in [0.2, 0.25) is 0 Å². The van der Waals surface area contributed by atoms with Crippen molar-refractivity contribution in [2.24, 2.45) is 7.05 Å². The Labute approximate surface area is 97.4 Å². The van der Waals surface area contributed by atoms with Crippen LogP contribution in [0.5, 0.6) is 0 Å². The highest BCUT2D eigenvalue weighted by atomic mass is 79.9. The Balaban J connectivity index is 2.72. The number of aliphatic hydroxyl groups is 1. The number of hydrogen-bond donors (Lipinski definition) is 2. The third-order valence-electron chi connectivity index (χ3n) is 2.25. The zero-order valence-corrected chi connectivity index (χ0v) is 10.4. The molecule has 0 bridgehead atoms. The van der Waals surface area contributed by atoms with Crippen LogP contribution in [0.1, 0.15) is 23.8 Å². The van der Waals surface area contributed by atoms with Crippen LogP contribution in [0.3, 0.4) is 0 Å². The van der Waals surface area contributed by atoms with Crippen LogP contribution in [0.25, 0.3) is 0 Å². The monoisotopic (exact) mass is 274 g/mol. The normalized spacial score (nSPS) is 12.5. The van der Waals surface area contributed by atoms with Gasteiger partial charge in [-0.15, -0.1) is 0 Å². The third kappa shape index (κ3) is 3.07. The summed E-state index contributed by atoms with van der Waals surface area (Å²) in [5.41, 5.74) is 0.578. The lowest BCUT2D eigenvalue weighted by Gasteiger charge is -2.13. The first-order chi connectivity index (χ1) is 7.08. The molecule has 0 aliphatic carbocycles. The maximum absolute atomic E-state index is 11.7. The Morgan fingerprint density at radius 2 is 2.40 bits per heavy atom. The van der Waals surface area contributed by atoms with Gasteiger partial charge in [-0.2, -0.15) is 0 Å². The fourth-order valence-corrected chi connectivity index (χ4v) is 1.81. The van der Waals surface area contributed by atoms with Gasteiger partial charge in [-0.1, -0.05) is 6.92 Å². The molecule has 1 amide bonds. The molecule has 0 fully saturated rings. The molecule has 84 valence electrons. The minimum Gasteiger partial charge on any atom is -0.394 e. The van der Waals surface area contributed by atoms with Crippen LogP contribution in [0.15, 0.2) is 16.7 Å². The van der Waals surface area contributed by atoms with Crippen molar-refractivity contribution in [3.63, 3.8) is 0 Å². The summed E-state index contributed by atoms with van der Waals surface area (Å²) in [6.07, 6.45) is 2.53. The topological polar surface area (TPSA) is 54.3 Å². The predicted octanol–water partition coefficient (Wildman–Crippen LogP) is 1.29. The Kier molecular flexibility index (Phi) is 4.35. The first-order valence-corrected chi connectivity index (χ1v) is 5.61. The fraction of sp³-hybridized carbons (Fsp3) is 0.500. The predicted molar refractivity (Wildman–Crippen MR) is 61.7 cm³/mol. The minimum atomic E-state index is -0.175. The zero-order valence-electron chi connectivity index (χ0n) is 8.83. The van der Waals surface area contributed by atoms with Crippen molar-refractivity contribution >= 4 is 21.8 Å². The molecule has 1 aromatic heterocycles. The molecule has 0 saturated carbocycles. The summed E-state index contributed by atoms with van der Waals surface area (Å²) >= 11 is 3.30. The number of hydrogen-bond acceptors (Lipinski definition) is 2. The molecule has 1 aromatic rings. The van der Waals surface area contributed by atoms with E-state index in [4.69, 9.17) is 5.11 Å². The highest BCUT2D eigenvalue weighted by molar-refractivity contribution is 9.10. The molecule has 1 heterocycles. The number of aliphatic hydroxyl groups excluding tert-OH is 1. The molecule has 2 N–H and O–H groups in total. The smallest absolute Gasteiger partial charge is 0.268 e. The maximum atomic E-state index is 11.7. The SMILES string of the molecule is CC[C@@H](CO)NC(=O)c1cc(Br)cn1C. The number of aryl methyl sites for hydroxylation is 1. The standard InChI is InChI=1S/C10H15BrN2O2/c1-3-8(6-14)12-10(15)9-4-7(11)5-13(9)2/h4-5,8,14H,3,6H2,1-2H3,(H,12,15)/t8-/m0/s1. The van der Waals surface area contributed by atoms with Gasteiger partial charge in [0.2, 0.25) is 0 Å². The van der Waals surface area contributed by atoms with Crippen molar-refractivity contribution in [1.29, 1.82) is 0 Å². The quantitative estimate of drug-likeness (QED) is 0.870. The molecule has 15 heavy (non-hydrogen) atoms. The molecular formula is C10H15BrN2O2. The van der Waals surface area contributed by atoms with Crippen molar-refractivity contribution in [2.75, 3.05) is 6.61 Å². The van der Waals surface area contributed by atoms with Gasteiger partial charge >= 0.3 is 0 Å². The highest BCUT2D eigenvalue weighted by Crippen LogP contribution is 2.13. The van der Waals surface area contributed by atoms with E-state index in [-0.39, 0.29) is 18.6 Å². The number of carbonyl (C=O) groups excluding carboxylic acids is 1. The summed E-state index contributed by atoms with van der Waals surface area (Å²) < 4.78 is 2.61. The lowest BCUT2D eigenvalue weighted by atomic mass is 10.2. The number of halogens is 1. The van der Waals surface area contributed by atoms with Gasteiger partial charge in [-0.25, -0.2) is 0 Å². The molecule has 0 unspecified atom stereocenters. The van der Waals surface area contributed by atoms with Crippen molar-refractivity contribution in [3.05, 3.63) is 22.4 Å². The third-order valence-corrected chi connectivity index (χ3v) is 2.69. The Bertz CT molecular complexity index is 345. The molecule has 0 aliphatic rings. The van der Waals surface area contributed by atoms with Crippen molar-refractivity contribution in [3.8, 4) is 0 Å². The summed E-state index contributed by atoms with van der Waals surface area (Å²) in [6.45, 7) is 1.88. The summed E-state index contributed by atoms with van der Waals surface area (Å²) in [5, 5.41) is 11.7. The van der Waals surface area contributed by atoms with Crippen molar-refractivity contribution < 1.29 is 9.90 Å². The van der Waals surface area contributed by atoms with E-state index in [1.165, 1.54) is 0 Å². The molecule has 0 aliphatic heterocycles.